The molecule has 1 fully saturated rings. The van der Waals surface area contributed by atoms with E-state index in [2.05, 4.69) is 43.9 Å². The van der Waals surface area contributed by atoms with Gasteiger partial charge in [0.05, 0.1) is 23.1 Å². The van der Waals surface area contributed by atoms with Crippen molar-refractivity contribution < 1.29 is 4.39 Å². The highest BCUT2D eigenvalue weighted by Gasteiger charge is 2.35. The highest BCUT2D eigenvalue weighted by molar-refractivity contribution is 5.64. The van der Waals surface area contributed by atoms with Crippen LogP contribution in [0, 0.1) is 5.82 Å². The van der Waals surface area contributed by atoms with Gasteiger partial charge >= 0.3 is 0 Å². The van der Waals surface area contributed by atoms with Crippen LogP contribution in [0.2, 0.25) is 0 Å². The van der Waals surface area contributed by atoms with E-state index in [1.807, 2.05) is 6.33 Å². The Morgan fingerprint density at radius 1 is 1.20 bits per heavy atom. The number of rotatable bonds is 4. The van der Waals surface area contributed by atoms with Gasteiger partial charge in [0.2, 0.25) is 0 Å². The van der Waals surface area contributed by atoms with Gasteiger partial charge in [0.25, 0.3) is 0 Å². The normalized spacial score (nSPS) is 18.0. The van der Waals surface area contributed by atoms with Crippen LogP contribution in [-0.2, 0) is 5.41 Å². The average molecular weight is 340 g/mol. The molecule has 2 aromatic heterocycles. The van der Waals surface area contributed by atoms with Gasteiger partial charge in [0.1, 0.15) is 18.0 Å². The molecule has 0 amide bonds. The summed E-state index contributed by atoms with van der Waals surface area (Å²) in [6.45, 7) is 6.13. The number of halogens is 1. The number of nitrogens with zero attached hydrogens (tertiary/aromatic N) is 4. The number of benzene rings is 1. The number of nitrogens with one attached hydrogen (secondary N) is 2. The molecule has 1 aromatic carbocycles. The molecule has 0 spiro atoms. The fraction of sp³-hybridized carbons (Fsp3) is 0.389. The summed E-state index contributed by atoms with van der Waals surface area (Å²) in [7, 11) is 0. The van der Waals surface area contributed by atoms with E-state index in [1.54, 1.807) is 12.1 Å². The summed E-state index contributed by atoms with van der Waals surface area (Å²) < 4.78 is 15.6. The Balaban J connectivity index is 1.89. The van der Waals surface area contributed by atoms with E-state index >= 15 is 0 Å². The summed E-state index contributed by atoms with van der Waals surface area (Å²) in [5.41, 5.74) is 2.39. The Bertz CT molecular complexity index is 844. The molecule has 7 heteroatoms. The minimum atomic E-state index is -0.417. The van der Waals surface area contributed by atoms with Crippen LogP contribution < -0.4 is 5.32 Å². The van der Waals surface area contributed by atoms with Crippen molar-refractivity contribution in [2.24, 2.45) is 0 Å². The maximum Gasteiger partial charge on any atom is 0.137 e. The molecule has 0 saturated carbocycles. The Labute approximate surface area is 145 Å². The van der Waals surface area contributed by atoms with Crippen molar-refractivity contribution in [1.29, 1.82) is 0 Å². The molecule has 0 bridgehead atoms. The predicted octanol–water partition coefficient (Wildman–Crippen LogP) is 2.67. The molecule has 25 heavy (non-hydrogen) atoms. The Morgan fingerprint density at radius 2 is 2.00 bits per heavy atom. The van der Waals surface area contributed by atoms with Crippen molar-refractivity contribution in [3.8, 4) is 11.3 Å². The molecule has 6 nitrogen and oxygen atoms in total. The second kappa shape index (κ2) is 6.07. The zero-order chi connectivity index (χ0) is 17.4. The number of hydrogen-bond acceptors (Lipinski definition) is 4. The highest BCUT2D eigenvalue weighted by atomic mass is 19.1. The third-order valence-electron chi connectivity index (χ3n) is 4.94. The molecule has 0 radical (unpaired) electrons. The molecule has 3 heterocycles. The fourth-order valence-electron chi connectivity index (χ4n) is 3.57. The van der Waals surface area contributed by atoms with Crippen LogP contribution in [-0.4, -0.2) is 37.8 Å². The van der Waals surface area contributed by atoms with Gasteiger partial charge in [0.15, 0.2) is 0 Å². The number of aromatic amines is 1. The first kappa shape index (κ1) is 16.0. The number of imidazole rings is 1. The summed E-state index contributed by atoms with van der Waals surface area (Å²) in [5, 5.41) is 10.4. The maximum atomic E-state index is 13.4. The smallest absolute Gasteiger partial charge is 0.137 e. The Kier molecular flexibility index (Phi) is 3.88. The monoisotopic (exact) mass is 340 g/mol. The molecule has 1 aliphatic rings. The second-order valence-corrected chi connectivity index (χ2v) is 6.96. The van der Waals surface area contributed by atoms with E-state index in [0.717, 1.165) is 42.3 Å². The van der Waals surface area contributed by atoms with Crippen LogP contribution in [0.25, 0.3) is 11.3 Å². The van der Waals surface area contributed by atoms with Gasteiger partial charge in [-0.1, -0.05) is 0 Å². The summed E-state index contributed by atoms with van der Waals surface area (Å²) in [6, 6.07) is 6.83. The lowest BCUT2D eigenvalue weighted by atomic mass is 9.85. The third-order valence-corrected chi connectivity index (χ3v) is 4.94. The van der Waals surface area contributed by atoms with Crippen LogP contribution in [0.15, 0.2) is 36.9 Å². The fourth-order valence-corrected chi connectivity index (χ4v) is 3.57. The lowest BCUT2D eigenvalue weighted by Crippen LogP contribution is -2.28. The lowest BCUT2D eigenvalue weighted by Gasteiger charge is -2.27. The average Bonchev–Trinajstić information content (AvgIpc) is 3.34. The molecule has 2 N–H and O–H groups in total. The maximum absolute atomic E-state index is 13.4. The second-order valence-electron chi connectivity index (χ2n) is 6.96. The first-order chi connectivity index (χ1) is 12.1. The van der Waals surface area contributed by atoms with E-state index in [4.69, 9.17) is 0 Å². The topological polar surface area (TPSA) is 71.4 Å². The predicted molar refractivity (Wildman–Crippen MR) is 92.7 cm³/mol. The zero-order valence-electron chi connectivity index (χ0n) is 14.3. The highest BCUT2D eigenvalue weighted by Crippen LogP contribution is 2.38. The number of hydrogen-bond donors (Lipinski definition) is 2. The third kappa shape index (κ3) is 2.74. The van der Waals surface area contributed by atoms with Crippen molar-refractivity contribution in [3.63, 3.8) is 0 Å². The quantitative estimate of drug-likeness (QED) is 0.766. The minimum absolute atomic E-state index is 0.251. The van der Waals surface area contributed by atoms with Gasteiger partial charge in [-0.05, 0) is 51.1 Å². The molecule has 1 atom stereocenters. The molecular weight excluding hydrogens is 319 g/mol. The summed E-state index contributed by atoms with van der Waals surface area (Å²) in [6.07, 6.45) is 4.47. The summed E-state index contributed by atoms with van der Waals surface area (Å²) >= 11 is 0. The van der Waals surface area contributed by atoms with E-state index in [1.165, 1.54) is 18.5 Å². The van der Waals surface area contributed by atoms with E-state index in [0.29, 0.717) is 6.04 Å². The van der Waals surface area contributed by atoms with Crippen molar-refractivity contribution in [2.75, 3.05) is 13.1 Å². The molecule has 1 unspecified atom stereocenters. The molecule has 130 valence electrons. The van der Waals surface area contributed by atoms with Crippen LogP contribution in [0.5, 0.6) is 0 Å². The van der Waals surface area contributed by atoms with Crippen LogP contribution in [0.3, 0.4) is 0 Å². The van der Waals surface area contributed by atoms with Gasteiger partial charge in [-0.2, -0.15) is 5.10 Å². The molecule has 1 aliphatic heterocycles. The molecule has 1 saturated heterocycles. The van der Waals surface area contributed by atoms with E-state index < -0.39 is 5.41 Å². The van der Waals surface area contributed by atoms with Gasteiger partial charge in [-0.25, -0.2) is 14.4 Å². The number of aromatic nitrogens is 5. The van der Waals surface area contributed by atoms with Gasteiger partial charge < -0.3 is 9.88 Å². The SMILES string of the molecule is CC(C)(c1ncn[nH]1)c1c(-c2ccc(F)cc2)ncn1C1CCNC1. The van der Waals surface area contributed by atoms with Crippen LogP contribution in [0.4, 0.5) is 4.39 Å². The minimum Gasteiger partial charge on any atom is -0.329 e. The molecule has 0 aliphatic carbocycles. The van der Waals surface area contributed by atoms with Gasteiger partial charge in [-0.15, -0.1) is 0 Å². The summed E-state index contributed by atoms with van der Waals surface area (Å²) in [5.74, 6) is 0.530. The van der Waals surface area contributed by atoms with Gasteiger partial charge in [0, 0.05) is 18.2 Å². The van der Waals surface area contributed by atoms with Crippen molar-refractivity contribution in [1.82, 2.24) is 30.0 Å². The van der Waals surface area contributed by atoms with Crippen molar-refractivity contribution >= 4 is 0 Å². The van der Waals surface area contributed by atoms with Crippen LogP contribution in [0.1, 0.15) is 37.8 Å². The van der Waals surface area contributed by atoms with E-state index in [9.17, 15) is 4.39 Å². The molecular formula is C18H21FN6. The van der Waals surface area contributed by atoms with Crippen molar-refractivity contribution in [2.45, 2.75) is 31.7 Å². The van der Waals surface area contributed by atoms with Crippen LogP contribution >= 0.6 is 0 Å². The standard InChI is InChI=1S/C18H21FN6/c1-18(2,17-21-10-23-24-17)16-15(12-3-5-13(19)6-4-12)22-11-25(16)14-7-8-20-9-14/h3-6,10-11,14,20H,7-9H2,1-2H3,(H,21,23,24). The zero-order valence-corrected chi connectivity index (χ0v) is 14.3. The van der Waals surface area contributed by atoms with E-state index in [-0.39, 0.29) is 5.82 Å². The molecule has 3 aromatic rings. The summed E-state index contributed by atoms with van der Waals surface area (Å²) in [4.78, 5) is 9.06. The largest absolute Gasteiger partial charge is 0.329 e. The first-order valence-corrected chi connectivity index (χ1v) is 8.47. The van der Waals surface area contributed by atoms with Crippen molar-refractivity contribution in [3.05, 3.63) is 54.3 Å². The Morgan fingerprint density at radius 3 is 2.64 bits per heavy atom. The number of H-pyrrole nitrogens is 1. The lowest BCUT2D eigenvalue weighted by molar-refractivity contribution is 0.469. The Hall–Kier alpha value is -2.54. The first-order valence-electron chi connectivity index (χ1n) is 8.47. The molecule has 4 rings (SSSR count). The van der Waals surface area contributed by atoms with Gasteiger partial charge in [-0.3, -0.25) is 5.10 Å².